The first kappa shape index (κ1) is 55.0. The highest BCUT2D eigenvalue weighted by Gasteiger charge is 2.53. The van der Waals surface area contributed by atoms with Gasteiger partial charge < -0.3 is 52.5 Å². The largest absolute Gasteiger partial charge is 0.495 e. The molecule has 8 aliphatic rings. The number of allylic oxidation sites excluding steroid dienone is 1. The molecule has 3 aromatic heterocycles. The van der Waals surface area contributed by atoms with E-state index in [1.807, 2.05) is 30.5 Å². The molecule has 19 nitrogen and oxygen atoms in total. The van der Waals surface area contributed by atoms with Crippen LogP contribution in [0.2, 0.25) is 5.28 Å². The minimum Gasteiger partial charge on any atom is -0.488 e. The van der Waals surface area contributed by atoms with E-state index in [2.05, 4.69) is 82.8 Å². The number of H-pyrrole nitrogens is 1. The number of aromatic amines is 1. The quantitative estimate of drug-likeness (QED) is 0.144. The van der Waals surface area contributed by atoms with Crippen LogP contribution in [0.25, 0.3) is 28.4 Å². The fourth-order valence-electron chi connectivity index (χ4n) is 11.9. The highest BCUT2D eigenvalue weighted by atomic mass is 35.5. The summed E-state index contributed by atoms with van der Waals surface area (Å²) in [6.07, 6.45) is 12.7. The van der Waals surface area contributed by atoms with E-state index < -0.39 is 29.2 Å². The number of ether oxygens (including phenoxy) is 6. The number of benzene rings is 2. The number of sulfone groups is 2. The molecular weight excluding hydrogens is 1060 g/mol. The molecule has 23 heteroatoms. The van der Waals surface area contributed by atoms with Gasteiger partial charge in [-0.3, -0.25) is 0 Å². The van der Waals surface area contributed by atoms with Crippen LogP contribution >= 0.6 is 11.6 Å². The zero-order valence-electron chi connectivity index (χ0n) is 45.2. The summed E-state index contributed by atoms with van der Waals surface area (Å²) >= 11 is 6.24. The molecule has 0 amide bonds. The zero-order chi connectivity index (χ0) is 54.7. The Labute approximate surface area is 462 Å². The van der Waals surface area contributed by atoms with Crippen LogP contribution in [0.3, 0.4) is 0 Å². The van der Waals surface area contributed by atoms with Gasteiger partial charge >= 0.3 is 7.12 Å². The summed E-state index contributed by atoms with van der Waals surface area (Å²) in [5.74, 6) is 2.66. The van der Waals surface area contributed by atoms with Gasteiger partial charge in [0.15, 0.2) is 48.6 Å². The molecule has 13 rings (SSSR count). The Kier molecular flexibility index (Phi) is 15.2. The van der Waals surface area contributed by atoms with Crippen LogP contribution in [0.5, 0.6) is 11.5 Å². The maximum atomic E-state index is 13.4. The Balaban J connectivity index is 0.000000130. The second kappa shape index (κ2) is 21.5. The van der Waals surface area contributed by atoms with Crippen molar-refractivity contribution in [3.05, 3.63) is 82.5 Å². The lowest BCUT2D eigenvalue weighted by Gasteiger charge is -2.38. The molecule has 418 valence electrons. The van der Waals surface area contributed by atoms with Crippen LogP contribution < -0.4 is 24.7 Å². The topological polar surface area (TPSA) is 216 Å². The zero-order valence-corrected chi connectivity index (χ0v) is 47.6. The number of rotatable bonds is 6. The highest BCUT2D eigenvalue weighted by molar-refractivity contribution is 7.92. The molecule has 5 fully saturated rings. The van der Waals surface area contributed by atoms with Crippen molar-refractivity contribution in [3.63, 3.8) is 0 Å². The standard InChI is InChI=1S/C24H28N4O5S.C16H22ClN3O5S.C15H19BO2/c1-34(29,30)24(7-12-31-13-8-24)21-20-23(28-10-14-32-15-16(28)6-11-33-20)27-22(26-21)18-3-2-4-19-17(18)5-9-25-19;1-26(21,22)16(3-7-23-8-4-16)13-12-14(19-15(17)18-13)20-5-9-24-10-11(20)2-6-25-12;1-14(2)15(3,4)18-16(17-14)13-10-6-8-11-7-5-9-12(11)13/h2-5,9,16,25H,6-8,10-15H2,1H3;11H,2-10H2,1H3;5-6,8-10H,7H2,1-4H3/t16-;11-;/m11./s1. The number of morpholine rings is 2. The summed E-state index contributed by atoms with van der Waals surface area (Å²) in [5.41, 5.74) is 5.89. The second-order valence-corrected chi connectivity index (χ2v) is 27.3. The second-order valence-electron chi connectivity index (χ2n) is 22.3. The normalized spacial score (nSPS) is 23.8. The number of nitrogens with zero attached hydrogens (tertiary/aromatic N) is 6. The van der Waals surface area contributed by atoms with Crippen LogP contribution in [-0.2, 0) is 63.8 Å². The van der Waals surface area contributed by atoms with E-state index in [1.165, 1.54) is 23.6 Å². The molecular formula is C55H69BClN7O12S2. The molecule has 78 heavy (non-hydrogen) atoms. The third kappa shape index (κ3) is 10.1. The SMILES string of the molecule is CC1(C)OB(c2cccc3c2C=CC3)OC1(C)C.CS(=O)(=O)C1(c2nc(-c3cccc4[nH]ccc34)nc3c2OCC[C@@H]2COCCN32)CCOCC1.CS(=O)(=O)C1(c2nc(Cl)nc3c2OCC[C@@H]2COCCN32)CCOCC1. The summed E-state index contributed by atoms with van der Waals surface area (Å²) in [7, 11) is -7.29. The lowest BCUT2D eigenvalue weighted by molar-refractivity contribution is 0.00578. The number of nitrogens with one attached hydrogen (secondary N) is 1. The molecule has 2 atom stereocenters. The van der Waals surface area contributed by atoms with Gasteiger partial charge in [0.05, 0.1) is 62.9 Å². The van der Waals surface area contributed by atoms with Gasteiger partial charge in [-0.25, -0.2) is 31.8 Å². The molecule has 0 unspecified atom stereocenters. The van der Waals surface area contributed by atoms with Gasteiger partial charge in [-0.05, 0) is 100 Å². The third-order valence-electron chi connectivity index (χ3n) is 17.1. The predicted octanol–water partition coefficient (Wildman–Crippen LogP) is 6.39. The Bertz CT molecular complexity index is 3300. The van der Waals surface area contributed by atoms with Crippen LogP contribution in [0.1, 0.15) is 88.7 Å². The first-order valence-corrected chi connectivity index (χ1v) is 31.2. The van der Waals surface area contributed by atoms with Crippen molar-refractivity contribution < 1.29 is 54.6 Å². The maximum absolute atomic E-state index is 13.4. The monoisotopic (exact) mass is 1130 g/mol. The molecule has 2 aromatic carbocycles. The maximum Gasteiger partial charge on any atom is 0.495 e. The van der Waals surface area contributed by atoms with Crippen molar-refractivity contribution in [2.24, 2.45) is 0 Å². The van der Waals surface area contributed by atoms with Gasteiger partial charge in [-0.1, -0.05) is 42.5 Å². The van der Waals surface area contributed by atoms with E-state index in [1.54, 1.807) is 0 Å². The molecule has 0 bridgehead atoms. The van der Waals surface area contributed by atoms with Gasteiger partial charge in [-0.2, -0.15) is 4.98 Å². The molecule has 10 heterocycles. The van der Waals surface area contributed by atoms with Crippen LogP contribution in [0, 0.1) is 0 Å². The summed E-state index contributed by atoms with van der Waals surface area (Å²) in [5, 5.41) is 1.02. The predicted molar refractivity (Wildman–Crippen MR) is 299 cm³/mol. The number of hydrogen-bond donors (Lipinski definition) is 1. The van der Waals surface area contributed by atoms with Crippen molar-refractivity contribution in [2.75, 3.05) is 101 Å². The van der Waals surface area contributed by atoms with Gasteiger partial charge in [0.1, 0.15) is 20.9 Å². The molecule has 7 aliphatic heterocycles. The van der Waals surface area contributed by atoms with Gasteiger partial charge in [0.25, 0.3) is 0 Å². The van der Waals surface area contributed by atoms with E-state index in [0.29, 0.717) is 145 Å². The van der Waals surface area contributed by atoms with Crippen molar-refractivity contribution in [2.45, 2.75) is 105 Å². The van der Waals surface area contributed by atoms with E-state index in [4.69, 9.17) is 59.3 Å². The van der Waals surface area contributed by atoms with Gasteiger partial charge in [0, 0.05) is 87.5 Å². The van der Waals surface area contributed by atoms with Crippen LogP contribution in [-0.4, -0.2) is 164 Å². The van der Waals surface area contributed by atoms with E-state index >= 15 is 0 Å². The number of halogens is 1. The van der Waals surface area contributed by atoms with E-state index in [9.17, 15) is 16.8 Å². The molecule has 5 saturated heterocycles. The first-order chi connectivity index (χ1) is 37.3. The van der Waals surface area contributed by atoms with E-state index in [-0.39, 0.29) is 35.7 Å². The Morgan fingerprint density at radius 3 is 1.78 bits per heavy atom. The summed E-state index contributed by atoms with van der Waals surface area (Å²) in [6.45, 7) is 14.3. The minimum absolute atomic E-state index is 0.0315. The van der Waals surface area contributed by atoms with E-state index in [0.717, 1.165) is 41.2 Å². The smallest absolute Gasteiger partial charge is 0.488 e. The molecule has 5 aromatic rings. The lowest BCUT2D eigenvalue weighted by atomic mass is 9.75. The number of fused-ring (bicyclic) bond motifs is 8. The number of anilines is 2. The van der Waals surface area contributed by atoms with Gasteiger partial charge in [0.2, 0.25) is 5.28 Å². The summed E-state index contributed by atoms with van der Waals surface area (Å²) in [6, 6.07) is 14.6. The summed E-state index contributed by atoms with van der Waals surface area (Å²) in [4.78, 5) is 26.3. The average molecular weight is 1130 g/mol. The Morgan fingerprint density at radius 2 is 1.21 bits per heavy atom. The molecule has 0 spiro atoms. The average Bonchev–Trinajstić information content (AvgIpc) is 4.13. The fourth-order valence-corrected chi connectivity index (χ4v) is 14.9. The Morgan fingerprint density at radius 1 is 0.654 bits per heavy atom. The van der Waals surface area contributed by atoms with Crippen molar-refractivity contribution in [3.8, 4) is 22.9 Å². The highest BCUT2D eigenvalue weighted by Crippen LogP contribution is 2.50. The van der Waals surface area contributed by atoms with Crippen LogP contribution in [0.4, 0.5) is 11.6 Å². The molecule has 0 saturated carbocycles. The third-order valence-corrected chi connectivity index (χ3v) is 21.4. The van der Waals surface area contributed by atoms with Crippen molar-refractivity contribution in [1.82, 2.24) is 24.9 Å². The van der Waals surface area contributed by atoms with Gasteiger partial charge in [-0.15, -0.1) is 0 Å². The Hall–Kier alpha value is -4.91. The molecule has 1 aliphatic carbocycles. The number of hydrogen-bond acceptors (Lipinski definition) is 18. The van der Waals surface area contributed by atoms with Crippen LogP contribution in [0.15, 0.2) is 54.7 Å². The van der Waals surface area contributed by atoms with Crippen molar-refractivity contribution >= 4 is 72.5 Å². The fraction of sp³-hybridized carbons (Fsp3) is 0.564. The lowest BCUT2D eigenvalue weighted by Crippen LogP contribution is -2.46. The minimum atomic E-state index is -3.55. The first-order valence-electron chi connectivity index (χ1n) is 27.0. The number of aromatic nitrogens is 5. The van der Waals surface area contributed by atoms with Crippen molar-refractivity contribution in [1.29, 1.82) is 0 Å². The summed E-state index contributed by atoms with van der Waals surface area (Å²) < 4.78 is 96.9. The molecule has 0 radical (unpaired) electrons. The molecule has 1 N–H and O–H groups in total.